The number of carbonyl (C=O) groups excluding carboxylic acids is 1. The van der Waals surface area contributed by atoms with Crippen molar-refractivity contribution in [2.45, 2.75) is 26.2 Å². The molecule has 1 N–H and O–H groups in total. The molecule has 32 heavy (non-hydrogen) atoms. The summed E-state index contributed by atoms with van der Waals surface area (Å²) in [5, 5.41) is 6.84. The maximum absolute atomic E-state index is 13.2. The van der Waals surface area contributed by atoms with Crippen molar-refractivity contribution in [2.24, 2.45) is 5.92 Å². The largest absolute Gasteiger partial charge is 0.495 e. The van der Waals surface area contributed by atoms with Crippen LogP contribution in [0.25, 0.3) is 5.69 Å². The quantitative estimate of drug-likeness (QED) is 0.615. The molecule has 1 aliphatic rings. The first kappa shape index (κ1) is 21.7. The number of methoxy groups -OCH3 is 1. The van der Waals surface area contributed by atoms with E-state index in [1.165, 1.54) is 0 Å². The zero-order valence-electron chi connectivity index (χ0n) is 18.4. The minimum Gasteiger partial charge on any atom is -0.495 e. The van der Waals surface area contributed by atoms with Crippen molar-refractivity contribution < 1.29 is 14.3 Å². The average molecular weight is 437 g/mol. The van der Waals surface area contributed by atoms with Gasteiger partial charge in [-0.2, -0.15) is 5.10 Å². The van der Waals surface area contributed by atoms with E-state index in [1.54, 1.807) is 11.7 Å². The van der Waals surface area contributed by atoms with Gasteiger partial charge in [0.05, 0.1) is 25.0 Å². The van der Waals surface area contributed by atoms with Crippen molar-refractivity contribution in [3.05, 3.63) is 70.4 Å². The Hall–Kier alpha value is -3.55. The second-order valence-corrected chi connectivity index (χ2v) is 7.84. The molecule has 4 rings (SSSR count). The van der Waals surface area contributed by atoms with E-state index in [4.69, 9.17) is 9.47 Å². The van der Waals surface area contributed by atoms with Gasteiger partial charge in [-0.3, -0.25) is 4.79 Å². The number of carbonyl (C=O) groups is 1. The SMILES string of the molecule is CCOc1ccccc1C(=O)N1CCC[C@H](Cc2n[nH]c(=O)n2-c2ccccc2OC)C1. The summed E-state index contributed by atoms with van der Waals surface area (Å²) in [5.74, 6) is 2.01. The van der Waals surface area contributed by atoms with Crippen LogP contribution in [0.1, 0.15) is 35.9 Å². The van der Waals surface area contributed by atoms with E-state index in [0.717, 1.165) is 12.8 Å². The smallest absolute Gasteiger partial charge is 0.348 e. The summed E-state index contributed by atoms with van der Waals surface area (Å²) < 4.78 is 12.6. The Morgan fingerprint density at radius 1 is 1.16 bits per heavy atom. The first-order valence-corrected chi connectivity index (χ1v) is 10.9. The molecule has 0 saturated carbocycles. The Balaban J connectivity index is 1.54. The molecule has 1 aromatic heterocycles. The molecule has 0 radical (unpaired) electrons. The first-order chi connectivity index (χ1) is 15.6. The molecule has 2 aromatic carbocycles. The van der Waals surface area contributed by atoms with Gasteiger partial charge in [0.1, 0.15) is 17.3 Å². The fourth-order valence-corrected chi connectivity index (χ4v) is 4.30. The Bertz CT molecular complexity index is 1140. The van der Waals surface area contributed by atoms with Crippen LogP contribution in [0.15, 0.2) is 53.3 Å². The summed E-state index contributed by atoms with van der Waals surface area (Å²) in [4.78, 5) is 27.6. The Morgan fingerprint density at radius 3 is 2.69 bits per heavy atom. The highest BCUT2D eigenvalue weighted by atomic mass is 16.5. The highest BCUT2D eigenvalue weighted by molar-refractivity contribution is 5.97. The number of amides is 1. The van der Waals surface area contributed by atoms with E-state index in [2.05, 4.69) is 10.2 Å². The highest BCUT2D eigenvalue weighted by Gasteiger charge is 2.28. The predicted molar refractivity (Wildman–Crippen MR) is 121 cm³/mol. The molecule has 2 heterocycles. The van der Waals surface area contributed by atoms with Gasteiger partial charge < -0.3 is 14.4 Å². The second-order valence-electron chi connectivity index (χ2n) is 7.84. The third-order valence-electron chi connectivity index (χ3n) is 5.76. The number of aromatic nitrogens is 3. The number of benzene rings is 2. The number of aromatic amines is 1. The molecule has 168 valence electrons. The first-order valence-electron chi connectivity index (χ1n) is 10.9. The van der Waals surface area contributed by atoms with E-state index in [-0.39, 0.29) is 17.5 Å². The lowest BCUT2D eigenvalue weighted by Crippen LogP contribution is -2.41. The number of nitrogens with zero attached hydrogens (tertiary/aromatic N) is 3. The minimum atomic E-state index is -0.307. The molecule has 0 bridgehead atoms. The normalized spacial score (nSPS) is 16.1. The van der Waals surface area contributed by atoms with Crippen molar-refractivity contribution >= 4 is 5.91 Å². The van der Waals surface area contributed by atoms with E-state index in [9.17, 15) is 9.59 Å². The molecule has 3 aromatic rings. The fraction of sp³-hybridized carbons (Fsp3) is 0.375. The van der Waals surface area contributed by atoms with Crippen LogP contribution < -0.4 is 15.2 Å². The topological polar surface area (TPSA) is 89.5 Å². The van der Waals surface area contributed by atoms with Crippen molar-refractivity contribution in [1.82, 2.24) is 19.7 Å². The maximum Gasteiger partial charge on any atom is 0.348 e. The number of H-pyrrole nitrogens is 1. The van der Waals surface area contributed by atoms with Crippen LogP contribution >= 0.6 is 0 Å². The summed E-state index contributed by atoms with van der Waals surface area (Å²) in [7, 11) is 1.58. The van der Waals surface area contributed by atoms with Crippen LogP contribution in [-0.2, 0) is 6.42 Å². The second kappa shape index (κ2) is 9.72. The van der Waals surface area contributed by atoms with Gasteiger partial charge in [-0.25, -0.2) is 14.5 Å². The van der Waals surface area contributed by atoms with Crippen molar-refractivity contribution in [2.75, 3.05) is 26.8 Å². The van der Waals surface area contributed by atoms with Crippen LogP contribution in [0.3, 0.4) is 0 Å². The molecule has 0 aliphatic carbocycles. The molecule has 0 spiro atoms. The van der Waals surface area contributed by atoms with Gasteiger partial charge in [0.2, 0.25) is 0 Å². The number of ether oxygens (including phenoxy) is 2. The summed E-state index contributed by atoms with van der Waals surface area (Å²) >= 11 is 0. The highest BCUT2D eigenvalue weighted by Crippen LogP contribution is 2.27. The van der Waals surface area contributed by atoms with E-state index in [0.29, 0.717) is 54.7 Å². The minimum absolute atomic E-state index is 0.0251. The molecule has 1 atom stereocenters. The van der Waals surface area contributed by atoms with Gasteiger partial charge in [0.25, 0.3) is 5.91 Å². The average Bonchev–Trinajstić information content (AvgIpc) is 3.18. The number of nitrogens with one attached hydrogen (secondary N) is 1. The van der Waals surface area contributed by atoms with Gasteiger partial charge in [0, 0.05) is 19.5 Å². The lowest BCUT2D eigenvalue weighted by atomic mass is 9.93. The molecule has 8 nitrogen and oxygen atoms in total. The van der Waals surface area contributed by atoms with Crippen LogP contribution in [0.5, 0.6) is 11.5 Å². The van der Waals surface area contributed by atoms with Gasteiger partial charge in [-0.15, -0.1) is 0 Å². The summed E-state index contributed by atoms with van der Waals surface area (Å²) in [5.41, 5.74) is 0.928. The number of hydrogen-bond acceptors (Lipinski definition) is 5. The number of hydrogen-bond donors (Lipinski definition) is 1. The van der Waals surface area contributed by atoms with E-state index in [1.807, 2.05) is 60.4 Å². The Labute approximate surface area is 186 Å². The Kier molecular flexibility index (Phi) is 6.58. The van der Waals surface area contributed by atoms with Gasteiger partial charge in [-0.05, 0) is 49.9 Å². The van der Waals surface area contributed by atoms with Crippen LogP contribution in [0.4, 0.5) is 0 Å². The molecular formula is C24H28N4O4. The number of likely N-dealkylation sites (tertiary alicyclic amines) is 1. The van der Waals surface area contributed by atoms with Gasteiger partial charge >= 0.3 is 5.69 Å². The van der Waals surface area contributed by atoms with Gasteiger partial charge in [-0.1, -0.05) is 24.3 Å². The van der Waals surface area contributed by atoms with E-state index < -0.39 is 0 Å². The maximum atomic E-state index is 13.2. The van der Waals surface area contributed by atoms with Crippen molar-refractivity contribution in [3.8, 4) is 17.2 Å². The summed E-state index contributed by atoms with van der Waals surface area (Å²) in [6, 6.07) is 14.7. The zero-order valence-corrected chi connectivity index (χ0v) is 18.4. The number of para-hydroxylation sites is 3. The number of rotatable bonds is 7. The standard InChI is InChI=1S/C24H28N4O4/c1-3-32-20-12-6-4-10-18(20)23(29)27-14-8-9-17(16-27)15-22-25-26-24(30)28(22)19-11-5-7-13-21(19)31-2/h4-7,10-13,17H,3,8-9,14-16H2,1-2H3,(H,26,30)/t17-/m1/s1. The van der Waals surface area contributed by atoms with Crippen LogP contribution in [0.2, 0.25) is 0 Å². The molecule has 1 aliphatic heterocycles. The number of piperidine rings is 1. The summed E-state index contributed by atoms with van der Waals surface area (Å²) in [6.07, 6.45) is 2.44. The molecule has 1 saturated heterocycles. The van der Waals surface area contributed by atoms with E-state index >= 15 is 0 Å². The van der Waals surface area contributed by atoms with Crippen LogP contribution in [-0.4, -0.2) is 52.4 Å². The van der Waals surface area contributed by atoms with Crippen molar-refractivity contribution in [1.29, 1.82) is 0 Å². The van der Waals surface area contributed by atoms with Crippen LogP contribution in [0, 0.1) is 5.92 Å². The molecular weight excluding hydrogens is 408 g/mol. The summed E-state index contributed by atoms with van der Waals surface area (Å²) in [6.45, 7) is 3.72. The lowest BCUT2D eigenvalue weighted by molar-refractivity contribution is 0.0668. The Morgan fingerprint density at radius 2 is 1.91 bits per heavy atom. The monoisotopic (exact) mass is 436 g/mol. The van der Waals surface area contributed by atoms with Crippen molar-refractivity contribution in [3.63, 3.8) is 0 Å². The molecule has 8 heteroatoms. The third-order valence-corrected chi connectivity index (χ3v) is 5.76. The fourth-order valence-electron chi connectivity index (χ4n) is 4.30. The molecule has 0 unspecified atom stereocenters. The molecule has 1 amide bonds. The predicted octanol–water partition coefficient (Wildman–Crippen LogP) is 3.06. The lowest BCUT2D eigenvalue weighted by Gasteiger charge is -2.33. The molecule has 1 fully saturated rings. The third kappa shape index (κ3) is 4.39. The van der Waals surface area contributed by atoms with Gasteiger partial charge in [0.15, 0.2) is 0 Å². The zero-order chi connectivity index (χ0) is 22.5.